The first-order chi connectivity index (χ1) is 7.96. The number of rotatable bonds is 4. The van der Waals surface area contributed by atoms with Crippen molar-refractivity contribution in [3.63, 3.8) is 0 Å². The summed E-state index contributed by atoms with van der Waals surface area (Å²) in [5.74, 6) is 0. The molecular weight excluding hydrogens is 304 g/mol. The number of nitrogens with zero attached hydrogens (tertiary/aromatic N) is 1. The molecule has 2 rings (SSSR count). The normalized spacial score (nSPS) is 16.5. The van der Waals surface area contributed by atoms with Gasteiger partial charge in [0.25, 0.3) is 0 Å². The summed E-state index contributed by atoms with van der Waals surface area (Å²) in [5, 5.41) is 0. The molecule has 0 radical (unpaired) electrons. The van der Waals surface area contributed by atoms with Crippen LogP contribution in [-0.4, -0.2) is 25.8 Å². The fourth-order valence-corrected chi connectivity index (χ4v) is 4.05. The van der Waals surface area contributed by atoms with Crippen LogP contribution >= 0.6 is 15.9 Å². The molecular formula is C11H15BrN2O2S. The smallest absolute Gasteiger partial charge is 0.244 e. The van der Waals surface area contributed by atoms with E-state index in [1.807, 2.05) is 6.07 Å². The topological polar surface area (TPSA) is 63.4 Å². The minimum atomic E-state index is -3.41. The molecule has 1 aromatic rings. The van der Waals surface area contributed by atoms with Gasteiger partial charge in [-0.15, -0.1) is 0 Å². The van der Waals surface area contributed by atoms with Crippen LogP contribution in [-0.2, 0) is 16.6 Å². The van der Waals surface area contributed by atoms with Gasteiger partial charge >= 0.3 is 0 Å². The van der Waals surface area contributed by atoms with Crippen molar-refractivity contribution in [2.45, 2.75) is 30.3 Å². The Morgan fingerprint density at radius 1 is 1.47 bits per heavy atom. The molecule has 0 aromatic heterocycles. The molecule has 4 nitrogen and oxygen atoms in total. The standard InChI is InChI=1S/C11H15BrN2O2S/c1-14(9-3-4-9)17(15,16)11-6-8(7-13)2-5-10(11)12/h2,5-6,9H,3-4,7,13H2,1H3. The second-order valence-corrected chi connectivity index (χ2v) is 7.04. The largest absolute Gasteiger partial charge is 0.326 e. The highest BCUT2D eigenvalue weighted by Gasteiger charge is 2.35. The lowest BCUT2D eigenvalue weighted by Crippen LogP contribution is -2.29. The van der Waals surface area contributed by atoms with Crippen LogP contribution in [0.4, 0.5) is 0 Å². The highest BCUT2D eigenvalue weighted by molar-refractivity contribution is 9.10. The second kappa shape index (κ2) is 4.68. The third-order valence-corrected chi connectivity index (χ3v) is 5.85. The molecule has 1 aromatic carbocycles. The van der Waals surface area contributed by atoms with Gasteiger partial charge in [0.05, 0.1) is 4.90 Å². The summed E-state index contributed by atoms with van der Waals surface area (Å²) in [6, 6.07) is 5.35. The van der Waals surface area contributed by atoms with E-state index >= 15 is 0 Å². The Labute approximate surface area is 110 Å². The zero-order chi connectivity index (χ0) is 12.6. The van der Waals surface area contributed by atoms with Crippen molar-refractivity contribution in [2.75, 3.05) is 7.05 Å². The molecule has 0 aliphatic heterocycles. The van der Waals surface area contributed by atoms with Gasteiger partial charge in [-0.25, -0.2) is 8.42 Å². The maximum absolute atomic E-state index is 12.4. The second-order valence-electron chi connectivity index (χ2n) is 4.22. The van der Waals surface area contributed by atoms with Crippen molar-refractivity contribution in [1.29, 1.82) is 0 Å². The van der Waals surface area contributed by atoms with Gasteiger partial charge in [0.15, 0.2) is 0 Å². The number of nitrogens with two attached hydrogens (primary N) is 1. The monoisotopic (exact) mass is 318 g/mol. The summed E-state index contributed by atoms with van der Waals surface area (Å²) < 4.78 is 26.8. The van der Waals surface area contributed by atoms with Gasteiger partial charge in [0.1, 0.15) is 0 Å². The average Bonchev–Trinajstić information content (AvgIpc) is 3.12. The van der Waals surface area contributed by atoms with Crippen LogP contribution in [0.25, 0.3) is 0 Å². The summed E-state index contributed by atoms with van der Waals surface area (Å²) >= 11 is 3.29. The maximum atomic E-state index is 12.4. The van der Waals surface area contributed by atoms with Crippen LogP contribution < -0.4 is 5.73 Å². The molecule has 0 saturated heterocycles. The first-order valence-electron chi connectivity index (χ1n) is 5.43. The lowest BCUT2D eigenvalue weighted by molar-refractivity contribution is 0.464. The molecule has 1 aliphatic carbocycles. The highest BCUT2D eigenvalue weighted by Crippen LogP contribution is 2.33. The van der Waals surface area contributed by atoms with Gasteiger partial charge in [-0.2, -0.15) is 4.31 Å². The lowest BCUT2D eigenvalue weighted by Gasteiger charge is -2.17. The SMILES string of the molecule is CN(C1CC1)S(=O)(=O)c1cc(CN)ccc1Br. The van der Waals surface area contributed by atoms with Crippen molar-refractivity contribution >= 4 is 26.0 Å². The molecule has 1 saturated carbocycles. The molecule has 0 heterocycles. The van der Waals surface area contributed by atoms with E-state index in [4.69, 9.17) is 5.73 Å². The fraction of sp³-hybridized carbons (Fsp3) is 0.455. The van der Waals surface area contributed by atoms with Crippen molar-refractivity contribution in [2.24, 2.45) is 5.73 Å². The van der Waals surface area contributed by atoms with E-state index in [0.717, 1.165) is 18.4 Å². The number of halogens is 1. The van der Waals surface area contributed by atoms with Crippen molar-refractivity contribution in [3.05, 3.63) is 28.2 Å². The molecule has 0 bridgehead atoms. The first-order valence-corrected chi connectivity index (χ1v) is 7.66. The van der Waals surface area contributed by atoms with Gasteiger partial charge < -0.3 is 5.73 Å². The molecule has 2 N–H and O–H groups in total. The van der Waals surface area contributed by atoms with Crippen molar-refractivity contribution in [3.8, 4) is 0 Å². The van der Waals surface area contributed by atoms with Gasteiger partial charge in [-0.1, -0.05) is 6.07 Å². The molecule has 0 amide bonds. The zero-order valence-electron chi connectivity index (χ0n) is 9.56. The summed E-state index contributed by atoms with van der Waals surface area (Å²) in [6.07, 6.45) is 1.90. The number of benzene rings is 1. The van der Waals surface area contributed by atoms with Crippen molar-refractivity contribution < 1.29 is 8.42 Å². The summed E-state index contributed by atoms with van der Waals surface area (Å²) in [6.45, 7) is 0.336. The third-order valence-electron chi connectivity index (χ3n) is 2.95. The van der Waals surface area contributed by atoms with E-state index in [1.165, 1.54) is 4.31 Å². The minimum absolute atomic E-state index is 0.161. The van der Waals surface area contributed by atoms with Gasteiger partial charge in [-0.05, 0) is 46.5 Å². The van der Waals surface area contributed by atoms with Gasteiger partial charge in [0, 0.05) is 24.1 Å². The number of hydrogen-bond donors (Lipinski definition) is 1. The summed E-state index contributed by atoms with van der Waals surface area (Å²) in [5.41, 5.74) is 6.35. The van der Waals surface area contributed by atoms with Crippen LogP contribution in [0.2, 0.25) is 0 Å². The molecule has 0 atom stereocenters. The predicted molar refractivity (Wildman–Crippen MR) is 70.0 cm³/mol. The Balaban J connectivity index is 2.44. The van der Waals surface area contributed by atoms with Crippen LogP contribution in [0.1, 0.15) is 18.4 Å². The zero-order valence-corrected chi connectivity index (χ0v) is 12.0. The van der Waals surface area contributed by atoms with Crippen LogP contribution in [0.5, 0.6) is 0 Å². The van der Waals surface area contributed by atoms with Crippen LogP contribution in [0.15, 0.2) is 27.6 Å². The van der Waals surface area contributed by atoms with E-state index in [-0.39, 0.29) is 6.04 Å². The van der Waals surface area contributed by atoms with E-state index in [2.05, 4.69) is 15.9 Å². The molecule has 17 heavy (non-hydrogen) atoms. The van der Waals surface area contributed by atoms with Gasteiger partial charge in [0.2, 0.25) is 10.0 Å². The molecule has 6 heteroatoms. The van der Waals surface area contributed by atoms with E-state index < -0.39 is 10.0 Å². The van der Waals surface area contributed by atoms with E-state index in [0.29, 0.717) is 15.9 Å². The quantitative estimate of drug-likeness (QED) is 0.918. The predicted octanol–water partition coefficient (Wildman–Crippen LogP) is 1.69. The fourth-order valence-electron chi connectivity index (χ4n) is 1.66. The maximum Gasteiger partial charge on any atom is 0.244 e. The van der Waals surface area contributed by atoms with Crippen molar-refractivity contribution in [1.82, 2.24) is 4.31 Å². The molecule has 0 unspecified atom stereocenters. The molecule has 0 spiro atoms. The Hall–Kier alpha value is -0.430. The number of sulfonamides is 1. The van der Waals surface area contributed by atoms with Crippen LogP contribution in [0.3, 0.4) is 0 Å². The first kappa shape index (κ1) is 13.0. The average molecular weight is 319 g/mol. The van der Waals surface area contributed by atoms with E-state index in [9.17, 15) is 8.42 Å². The number of hydrogen-bond acceptors (Lipinski definition) is 3. The molecule has 1 fully saturated rings. The Bertz CT molecular complexity index is 526. The molecule has 1 aliphatic rings. The minimum Gasteiger partial charge on any atom is -0.326 e. The van der Waals surface area contributed by atoms with E-state index in [1.54, 1.807) is 19.2 Å². The summed E-state index contributed by atoms with van der Waals surface area (Å²) in [4.78, 5) is 0.301. The third kappa shape index (κ3) is 2.54. The lowest BCUT2D eigenvalue weighted by atomic mass is 10.2. The van der Waals surface area contributed by atoms with Crippen LogP contribution in [0, 0.1) is 0 Å². The summed E-state index contributed by atoms with van der Waals surface area (Å²) in [7, 11) is -1.77. The Kier molecular flexibility index (Phi) is 3.58. The Morgan fingerprint density at radius 2 is 2.12 bits per heavy atom. The van der Waals surface area contributed by atoms with Gasteiger partial charge in [-0.3, -0.25) is 0 Å². The highest BCUT2D eigenvalue weighted by atomic mass is 79.9. The Morgan fingerprint density at radius 3 is 2.65 bits per heavy atom. The molecule has 94 valence electrons.